The SMILES string of the molecule is CC(C)(C)OC(=O)N1[C@@H](C[C@H](O)c2cnc(Cl)s2)COC1(C)C. The number of nitrogens with zero attached hydrogens (tertiary/aromatic N) is 2. The fourth-order valence-corrected chi connectivity index (χ4v) is 3.48. The fraction of sp³-hybridized carbons (Fsp3) is 0.733. The van der Waals surface area contributed by atoms with Crippen LogP contribution in [0.25, 0.3) is 0 Å². The van der Waals surface area contributed by atoms with Crippen molar-refractivity contribution in [3.63, 3.8) is 0 Å². The molecular formula is C15H23ClN2O4S. The number of carbonyl (C=O) groups excluding carboxylic acids is 1. The lowest BCUT2D eigenvalue weighted by molar-refractivity contribution is -0.0637. The van der Waals surface area contributed by atoms with Crippen LogP contribution in [0.15, 0.2) is 6.20 Å². The molecule has 0 unspecified atom stereocenters. The van der Waals surface area contributed by atoms with E-state index in [-0.39, 0.29) is 6.04 Å². The average molecular weight is 363 g/mol. The van der Waals surface area contributed by atoms with E-state index in [4.69, 9.17) is 21.1 Å². The Kier molecular flexibility index (Phi) is 5.25. The molecule has 1 N–H and O–H groups in total. The van der Waals surface area contributed by atoms with Crippen LogP contribution in [-0.4, -0.2) is 45.1 Å². The van der Waals surface area contributed by atoms with Crippen LogP contribution in [0.4, 0.5) is 4.79 Å². The first-order valence-corrected chi connectivity index (χ1v) is 8.64. The maximum atomic E-state index is 12.5. The van der Waals surface area contributed by atoms with E-state index in [1.165, 1.54) is 11.3 Å². The lowest BCUT2D eigenvalue weighted by atomic mass is 10.1. The highest BCUT2D eigenvalue weighted by Crippen LogP contribution is 2.35. The molecule has 2 rings (SSSR count). The molecule has 0 radical (unpaired) electrons. The van der Waals surface area contributed by atoms with Gasteiger partial charge in [0.2, 0.25) is 0 Å². The van der Waals surface area contributed by atoms with E-state index in [9.17, 15) is 9.90 Å². The molecule has 1 aromatic rings. The van der Waals surface area contributed by atoms with Gasteiger partial charge in [-0.15, -0.1) is 11.3 Å². The zero-order valence-electron chi connectivity index (χ0n) is 14.0. The topological polar surface area (TPSA) is 71.9 Å². The molecule has 1 amide bonds. The van der Waals surface area contributed by atoms with Gasteiger partial charge in [-0.05, 0) is 34.6 Å². The molecule has 0 bridgehead atoms. The second-order valence-electron chi connectivity index (χ2n) is 7.03. The van der Waals surface area contributed by atoms with E-state index >= 15 is 0 Å². The largest absolute Gasteiger partial charge is 0.444 e. The van der Waals surface area contributed by atoms with Crippen LogP contribution in [0.3, 0.4) is 0 Å². The Labute approximate surface area is 145 Å². The molecule has 1 saturated heterocycles. The Morgan fingerprint density at radius 2 is 2.30 bits per heavy atom. The van der Waals surface area contributed by atoms with Gasteiger partial charge in [0.05, 0.1) is 23.6 Å². The molecule has 1 aliphatic rings. The minimum Gasteiger partial charge on any atom is -0.444 e. The Morgan fingerprint density at radius 3 is 2.83 bits per heavy atom. The zero-order valence-corrected chi connectivity index (χ0v) is 15.6. The molecule has 0 aromatic carbocycles. The number of hydrogen-bond donors (Lipinski definition) is 1. The zero-order chi connectivity index (χ0) is 17.4. The van der Waals surface area contributed by atoms with Crippen LogP contribution in [0.5, 0.6) is 0 Å². The molecule has 1 aliphatic heterocycles. The highest BCUT2D eigenvalue weighted by Gasteiger charge is 2.46. The Hall–Kier alpha value is -0.890. The second-order valence-corrected chi connectivity index (χ2v) is 8.67. The minimum atomic E-state index is -0.780. The summed E-state index contributed by atoms with van der Waals surface area (Å²) in [6.45, 7) is 9.42. The van der Waals surface area contributed by atoms with Crippen molar-refractivity contribution in [2.75, 3.05) is 6.61 Å². The molecule has 130 valence electrons. The molecule has 8 heteroatoms. The monoisotopic (exact) mass is 362 g/mol. The lowest BCUT2D eigenvalue weighted by Crippen LogP contribution is -2.50. The van der Waals surface area contributed by atoms with E-state index in [1.54, 1.807) is 11.1 Å². The van der Waals surface area contributed by atoms with Gasteiger partial charge in [0, 0.05) is 12.6 Å². The predicted octanol–water partition coefficient (Wildman–Crippen LogP) is 3.59. The molecule has 2 heterocycles. The van der Waals surface area contributed by atoms with Crippen LogP contribution < -0.4 is 0 Å². The molecule has 1 aromatic heterocycles. The molecule has 0 saturated carbocycles. The Bertz CT molecular complexity index is 570. The Balaban J connectivity index is 2.12. The third-order valence-electron chi connectivity index (χ3n) is 3.48. The second kappa shape index (κ2) is 6.55. The van der Waals surface area contributed by atoms with E-state index in [1.807, 2.05) is 34.6 Å². The van der Waals surface area contributed by atoms with Crippen LogP contribution in [0.1, 0.15) is 52.0 Å². The number of halogens is 1. The minimum absolute atomic E-state index is 0.282. The van der Waals surface area contributed by atoms with Crippen LogP contribution >= 0.6 is 22.9 Å². The third-order valence-corrected chi connectivity index (χ3v) is 4.70. The van der Waals surface area contributed by atoms with Gasteiger partial charge in [-0.25, -0.2) is 9.78 Å². The van der Waals surface area contributed by atoms with Gasteiger partial charge >= 0.3 is 6.09 Å². The summed E-state index contributed by atoms with van der Waals surface area (Å²) in [7, 11) is 0. The summed E-state index contributed by atoms with van der Waals surface area (Å²) in [5.41, 5.74) is -1.37. The molecule has 1 fully saturated rings. The maximum absolute atomic E-state index is 12.5. The van der Waals surface area contributed by atoms with Crippen molar-refractivity contribution in [2.24, 2.45) is 0 Å². The van der Waals surface area contributed by atoms with Crippen LogP contribution in [0.2, 0.25) is 4.47 Å². The summed E-state index contributed by atoms with van der Waals surface area (Å²) in [5, 5.41) is 10.4. The number of ether oxygens (including phenoxy) is 2. The van der Waals surface area contributed by atoms with E-state index < -0.39 is 23.5 Å². The van der Waals surface area contributed by atoms with Gasteiger partial charge in [-0.3, -0.25) is 4.90 Å². The highest BCUT2D eigenvalue weighted by atomic mass is 35.5. The summed E-state index contributed by atoms with van der Waals surface area (Å²) in [6, 6.07) is -0.282. The summed E-state index contributed by atoms with van der Waals surface area (Å²) in [4.78, 5) is 18.7. The third kappa shape index (κ3) is 4.56. The fourth-order valence-electron chi connectivity index (χ4n) is 2.53. The smallest absolute Gasteiger partial charge is 0.412 e. The first kappa shape index (κ1) is 18.4. The van der Waals surface area contributed by atoms with E-state index in [2.05, 4.69) is 4.98 Å². The molecular weight excluding hydrogens is 340 g/mol. The summed E-state index contributed by atoms with van der Waals surface area (Å²) in [5.74, 6) is 0. The predicted molar refractivity (Wildman–Crippen MR) is 88.6 cm³/mol. The van der Waals surface area contributed by atoms with Crippen LogP contribution in [-0.2, 0) is 9.47 Å². The van der Waals surface area contributed by atoms with E-state index in [0.29, 0.717) is 22.4 Å². The maximum Gasteiger partial charge on any atom is 0.412 e. The number of carbonyl (C=O) groups is 1. The number of hydrogen-bond acceptors (Lipinski definition) is 6. The van der Waals surface area contributed by atoms with Gasteiger partial charge in [-0.1, -0.05) is 11.6 Å². The number of aromatic nitrogens is 1. The van der Waals surface area contributed by atoms with Gasteiger partial charge in [0.1, 0.15) is 11.3 Å². The van der Waals surface area contributed by atoms with Crippen molar-refractivity contribution < 1.29 is 19.4 Å². The standard InChI is InChI=1S/C15H23ClN2O4S/c1-14(2,3)22-13(20)18-9(8-21-15(18,4)5)6-10(19)11-7-17-12(16)23-11/h7,9-10,19H,6,8H2,1-5H3/t9-,10-/m0/s1. The first-order chi connectivity index (χ1) is 10.5. The number of aliphatic hydroxyl groups is 1. The van der Waals surface area contributed by atoms with Crippen molar-refractivity contribution in [1.82, 2.24) is 9.88 Å². The summed E-state index contributed by atoms with van der Waals surface area (Å²) in [6.07, 6.45) is 0.685. The molecule has 23 heavy (non-hydrogen) atoms. The van der Waals surface area contributed by atoms with Gasteiger partial charge in [-0.2, -0.15) is 0 Å². The van der Waals surface area contributed by atoms with Gasteiger partial charge in [0.25, 0.3) is 0 Å². The molecule has 0 spiro atoms. The van der Waals surface area contributed by atoms with Gasteiger partial charge in [0.15, 0.2) is 4.47 Å². The highest BCUT2D eigenvalue weighted by molar-refractivity contribution is 7.15. The molecule has 2 atom stereocenters. The quantitative estimate of drug-likeness (QED) is 0.889. The molecule has 6 nitrogen and oxygen atoms in total. The van der Waals surface area contributed by atoms with Crippen molar-refractivity contribution in [3.8, 4) is 0 Å². The normalized spacial score (nSPS) is 22.2. The lowest BCUT2D eigenvalue weighted by Gasteiger charge is -2.35. The molecule has 0 aliphatic carbocycles. The van der Waals surface area contributed by atoms with Crippen molar-refractivity contribution in [3.05, 3.63) is 15.5 Å². The van der Waals surface area contributed by atoms with Crippen LogP contribution in [0, 0.1) is 0 Å². The van der Waals surface area contributed by atoms with Crippen molar-refractivity contribution in [1.29, 1.82) is 0 Å². The van der Waals surface area contributed by atoms with Gasteiger partial charge < -0.3 is 14.6 Å². The van der Waals surface area contributed by atoms with Crippen molar-refractivity contribution in [2.45, 2.75) is 64.5 Å². The average Bonchev–Trinajstić information content (AvgIpc) is 2.91. The number of thiazole rings is 1. The number of aliphatic hydroxyl groups excluding tert-OH is 1. The van der Waals surface area contributed by atoms with Crippen molar-refractivity contribution >= 4 is 29.0 Å². The summed E-state index contributed by atoms with van der Waals surface area (Å²) >= 11 is 7.03. The summed E-state index contributed by atoms with van der Waals surface area (Å²) < 4.78 is 11.6. The first-order valence-electron chi connectivity index (χ1n) is 7.45. The number of rotatable bonds is 3. The number of amides is 1. The Morgan fingerprint density at radius 1 is 1.65 bits per heavy atom. The van der Waals surface area contributed by atoms with E-state index in [0.717, 1.165) is 0 Å².